The van der Waals surface area contributed by atoms with Crippen molar-refractivity contribution in [2.24, 2.45) is 11.7 Å². The van der Waals surface area contributed by atoms with Crippen molar-refractivity contribution in [1.29, 1.82) is 0 Å². The minimum atomic E-state index is -6.26. The number of amides is 1. The predicted octanol–water partition coefficient (Wildman–Crippen LogP) is 5.74. The van der Waals surface area contributed by atoms with Gasteiger partial charge in [0.2, 0.25) is 5.91 Å². The first kappa shape index (κ1) is 35.1. The summed E-state index contributed by atoms with van der Waals surface area (Å²) in [5.74, 6) is -4.42. The first-order valence-electron chi connectivity index (χ1n) is 12.8. The molecule has 2 aromatic rings. The summed E-state index contributed by atoms with van der Waals surface area (Å²) in [6.07, 6.45) is -19.9. The molecule has 0 spiro atoms. The molecule has 2 N–H and O–H groups in total. The van der Waals surface area contributed by atoms with Gasteiger partial charge in [-0.15, -0.1) is 0 Å². The highest BCUT2D eigenvalue weighted by atomic mass is 32.2. The largest absolute Gasteiger partial charge is 0.438 e. The van der Waals surface area contributed by atoms with Crippen molar-refractivity contribution in [3.63, 3.8) is 0 Å². The molecule has 7 nitrogen and oxygen atoms in total. The Balaban J connectivity index is 2.20. The fourth-order valence-corrected chi connectivity index (χ4v) is 5.69. The van der Waals surface area contributed by atoms with Crippen LogP contribution >= 0.6 is 0 Å². The second kappa shape index (κ2) is 11.9. The average Bonchev–Trinajstić information content (AvgIpc) is 3.23. The van der Waals surface area contributed by atoms with Gasteiger partial charge in [-0.1, -0.05) is 50.2 Å². The maximum Gasteiger partial charge on any atom is 0.437 e. The van der Waals surface area contributed by atoms with Crippen LogP contribution in [0.15, 0.2) is 53.4 Å². The Labute approximate surface area is 246 Å². The Morgan fingerprint density at radius 1 is 0.932 bits per heavy atom. The lowest BCUT2D eigenvalue weighted by atomic mass is 9.90. The van der Waals surface area contributed by atoms with Gasteiger partial charge in [0.1, 0.15) is 12.1 Å². The van der Waals surface area contributed by atoms with Crippen LogP contribution < -0.4 is 5.73 Å². The number of esters is 1. The number of carbonyl (C=O) groups excluding carboxylic acids is 2. The van der Waals surface area contributed by atoms with Crippen molar-refractivity contribution < 1.29 is 62.3 Å². The molecule has 1 saturated heterocycles. The number of rotatable bonds is 9. The summed E-state index contributed by atoms with van der Waals surface area (Å²) in [4.78, 5) is 25.1. The van der Waals surface area contributed by atoms with E-state index in [0.717, 1.165) is 30.5 Å². The van der Waals surface area contributed by atoms with Gasteiger partial charge in [0.05, 0.1) is 10.9 Å². The lowest BCUT2D eigenvalue weighted by Gasteiger charge is -2.41. The van der Waals surface area contributed by atoms with E-state index < -0.39 is 88.3 Å². The van der Waals surface area contributed by atoms with E-state index in [1.165, 1.54) is 38.1 Å². The van der Waals surface area contributed by atoms with Gasteiger partial charge in [-0.25, -0.2) is 8.42 Å². The van der Waals surface area contributed by atoms with Crippen molar-refractivity contribution in [2.45, 2.75) is 73.8 Å². The lowest BCUT2D eigenvalue weighted by Crippen LogP contribution is -2.59. The monoisotopic (exact) mass is 662 g/mol. The number of carbonyl (C=O) groups is 2. The number of nitrogens with two attached hydrogens (primary N) is 1. The zero-order chi connectivity index (χ0) is 33.6. The molecule has 1 fully saturated rings. The molecule has 1 aliphatic heterocycles. The molecule has 0 radical (unpaired) electrons. The number of nitrogens with zero attached hydrogens (tertiary/aromatic N) is 1. The van der Waals surface area contributed by atoms with Crippen LogP contribution in [0.4, 0.5) is 39.5 Å². The predicted molar refractivity (Wildman–Crippen MR) is 137 cm³/mol. The summed E-state index contributed by atoms with van der Waals surface area (Å²) in [6, 6.07) is 1.24. The molecule has 0 aliphatic carbocycles. The second-order valence-corrected chi connectivity index (χ2v) is 12.8. The number of primary amides is 1. The smallest absolute Gasteiger partial charge is 0.437 e. The van der Waals surface area contributed by atoms with E-state index in [9.17, 15) is 57.5 Å². The van der Waals surface area contributed by atoms with Crippen LogP contribution in [-0.2, 0) is 24.2 Å². The number of cyclic esters (lactones) is 1. The molecule has 1 heterocycles. The maximum atomic E-state index is 14.8. The third-order valence-corrected chi connectivity index (χ3v) is 8.27. The number of hydrogen-bond acceptors (Lipinski definition) is 6. The number of ether oxygens (including phenoxy) is 1. The number of hydrogen-bond donors (Lipinski definition) is 1. The van der Waals surface area contributed by atoms with Crippen LogP contribution in [0.5, 0.6) is 0 Å². The minimum absolute atomic E-state index is 0.0365. The van der Waals surface area contributed by atoms with E-state index in [4.69, 9.17) is 5.73 Å². The normalized spacial score (nSPS) is 19.2. The van der Waals surface area contributed by atoms with Crippen LogP contribution in [0.3, 0.4) is 0 Å². The Bertz CT molecular complexity index is 1460. The van der Waals surface area contributed by atoms with Crippen LogP contribution in [0.25, 0.3) is 11.1 Å². The molecular weight excluding hydrogens is 635 g/mol. The molecule has 1 amide bonds. The minimum Gasteiger partial charge on any atom is -0.438 e. The van der Waals surface area contributed by atoms with Crippen molar-refractivity contribution >= 4 is 21.7 Å². The molecule has 44 heavy (non-hydrogen) atoms. The summed E-state index contributed by atoms with van der Waals surface area (Å²) < 4.78 is 154. The van der Waals surface area contributed by atoms with Gasteiger partial charge in [0.25, 0.3) is 0 Å². The summed E-state index contributed by atoms with van der Waals surface area (Å²) >= 11 is 0. The maximum absolute atomic E-state index is 14.8. The van der Waals surface area contributed by atoms with Gasteiger partial charge in [0, 0.05) is 12.7 Å². The number of sulfone groups is 1. The standard InChI is InChI=1S/C27H27F9N2O5S/c1-14(2)12-19(22(37)39)38(20-13-24(26(31,32)33,27(34,35)36)43-23(20)40)21(25(28,29)30)17-6-4-15(5-7-17)16-8-10-18(11-9-16)44(3,41)42/h4-11,14,19-21H,12-13H2,1-3H3,(H2,37,39)/t19-,20?,21-/m0/s1. The highest BCUT2D eigenvalue weighted by Crippen LogP contribution is 2.54. The molecule has 1 aliphatic rings. The summed E-state index contributed by atoms with van der Waals surface area (Å²) in [7, 11) is -3.56. The van der Waals surface area contributed by atoms with Crippen LogP contribution in [-0.4, -0.2) is 67.7 Å². The van der Waals surface area contributed by atoms with Crippen LogP contribution in [0.1, 0.15) is 38.3 Å². The molecule has 3 atom stereocenters. The highest BCUT2D eigenvalue weighted by Gasteiger charge is 2.78. The van der Waals surface area contributed by atoms with Crippen LogP contribution in [0, 0.1) is 5.92 Å². The third kappa shape index (κ3) is 6.98. The number of benzene rings is 2. The number of halogens is 9. The molecule has 1 unspecified atom stereocenters. The van der Waals surface area contributed by atoms with Crippen LogP contribution in [0.2, 0.25) is 0 Å². The summed E-state index contributed by atoms with van der Waals surface area (Å²) in [6.45, 7) is 2.84. The van der Waals surface area contributed by atoms with E-state index in [1.54, 1.807) is 0 Å². The van der Waals surface area contributed by atoms with E-state index in [0.29, 0.717) is 5.56 Å². The third-order valence-electron chi connectivity index (χ3n) is 7.14. The second-order valence-electron chi connectivity index (χ2n) is 10.8. The SMILES string of the molecule is CC(C)C[C@@H](C(N)=O)N(C1CC(C(F)(F)F)(C(F)(F)F)OC1=O)[C@@H](c1ccc(-c2ccc(S(C)(=O)=O)cc2)cc1)C(F)(F)F. The fraction of sp³-hybridized carbons (Fsp3) is 0.481. The van der Waals surface area contributed by atoms with E-state index in [1.807, 2.05) is 0 Å². The first-order valence-corrected chi connectivity index (χ1v) is 14.7. The summed E-state index contributed by atoms with van der Waals surface area (Å²) in [5, 5.41) is 0. The van der Waals surface area contributed by atoms with Crippen molar-refractivity contribution in [2.75, 3.05) is 6.26 Å². The highest BCUT2D eigenvalue weighted by molar-refractivity contribution is 7.90. The lowest BCUT2D eigenvalue weighted by molar-refractivity contribution is -0.361. The van der Waals surface area contributed by atoms with Gasteiger partial charge in [-0.05, 0) is 41.2 Å². The Kier molecular flexibility index (Phi) is 9.48. The van der Waals surface area contributed by atoms with E-state index >= 15 is 0 Å². The molecule has 2 aromatic carbocycles. The Morgan fingerprint density at radius 3 is 1.73 bits per heavy atom. The van der Waals surface area contributed by atoms with Gasteiger partial charge in [-0.2, -0.15) is 39.5 Å². The van der Waals surface area contributed by atoms with Crippen molar-refractivity contribution in [1.82, 2.24) is 4.90 Å². The quantitative estimate of drug-likeness (QED) is 0.271. The van der Waals surface area contributed by atoms with Crippen molar-refractivity contribution in [3.05, 3.63) is 54.1 Å². The molecule has 0 saturated carbocycles. The number of alkyl halides is 9. The molecule has 3 rings (SSSR count). The average molecular weight is 663 g/mol. The summed E-state index contributed by atoms with van der Waals surface area (Å²) in [5.41, 5.74) is 0.125. The van der Waals surface area contributed by atoms with Gasteiger partial charge >= 0.3 is 30.1 Å². The molecular formula is C27H27F9N2O5S. The van der Waals surface area contributed by atoms with E-state index in [-0.39, 0.29) is 15.4 Å². The zero-order valence-corrected chi connectivity index (χ0v) is 24.0. The molecule has 0 bridgehead atoms. The van der Waals surface area contributed by atoms with E-state index in [2.05, 4.69) is 4.74 Å². The first-order chi connectivity index (χ1) is 19.9. The van der Waals surface area contributed by atoms with Crippen molar-refractivity contribution in [3.8, 4) is 11.1 Å². The Morgan fingerprint density at radius 2 is 1.39 bits per heavy atom. The topological polar surface area (TPSA) is 107 Å². The fourth-order valence-electron chi connectivity index (χ4n) is 5.06. The molecule has 17 heteroatoms. The van der Waals surface area contributed by atoms with Gasteiger partial charge in [0.15, 0.2) is 9.84 Å². The molecule has 244 valence electrons. The zero-order valence-electron chi connectivity index (χ0n) is 23.2. The van der Waals surface area contributed by atoms with Gasteiger partial charge in [-0.3, -0.25) is 14.5 Å². The molecule has 0 aromatic heterocycles. The Hall–Kier alpha value is -3.34. The van der Waals surface area contributed by atoms with Gasteiger partial charge < -0.3 is 10.5 Å².